The molecular weight excluding hydrogens is 336 g/mol. The number of nitrogens with one attached hydrogen (secondary N) is 2. The van der Waals surface area contributed by atoms with Gasteiger partial charge in [0.15, 0.2) is 0 Å². The molecule has 0 aliphatic heterocycles. The number of hydrazine groups is 1. The molecule has 0 fully saturated rings. The van der Waals surface area contributed by atoms with Crippen molar-refractivity contribution in [1.29, 1.82) is 0 Å². The number of benzene rings is 2. The van der Waals surface area contributed by atoms with Crippen molar-refractivity contribution in [3.8, 4) is 5.75 Å². The molecule has 5 nitrogen and oxygen atoms in total. The molecule has 2 N–H and O–H groups in total. The molecule has 0 saturated carbocycles. The van der Waals surface area contributed by atoms with Crippen molar-refractivity contribution in [1.82, 2.24) is 10.9 Å². The largest absolute Gasteiger partial charge is 0.496 e. The summed E-state index contributed by atoms with van der Waals surface area (Å²) >= 11 is 7.46. The first kappa shape index (κ1) is 17.2. The number of hydrogen-bond acceptors (Lipinski definition) is 4. The highest BCUT2D eigenvalue weighted by molar-refractivity contribution is 7.98. The average molecular weight is 351 g/mol. The molecule has 7 heteroatoms. The Bertz CT molecular complexity index is 720. The SMILES string of the molecule is COc1ccc(Cl)cc1C(=O)NNC(=O)c1ccc(SC)cc1. The van der Waals surface area contributed by atoms with E-state index in [9.17, 15) is 9.59 Å². The van der Waals surface area contributed by atoms with E-state index in [0.717, 1.165) is 4.90 Å². The van der Waals surface area contributed by atoms with Gasteiger partial charge in [0.2, 0.25) is 0 Å². The number of hydrogen-bond donors (Lipinski definition) is 2. The minimum atomic E-state index is -0.515. The van der Waals surface area contributed by atoms with Gasteiger partial charge in [-0.1, -0.05) is 11.6 Å². The van der Waals surface area contributed by atoms with Gasteiger partial charge in [0.1, 0.15) is 5.75 Å². The maximum absolute atomic E-state index is 12.1. The van der Waals surface area contributed by atoms with Gasteiger partial charge >= 0.3 is 0 Å². The van der Waals surface area contributed by atoms with E-state index in [4.69, 9.17) is 16.3 Å². The fraction of sp³-hybridized carbons (Fsp3) is 0.125. The Morgan fingerprint density at radius 3 is 2.30 bits per heavy atom. The molecule has 23 heavy (non-hydrogen) atoms. The Kier molecular flexibility index (Phi) is 5.90. The summed E-state index contributed by atoms with van der Waals surface area (Å²) in [5.41, 5.74) is 5.39. The van der Waals surface area contributed by atoms with Crippen LogP contribution in [-0.4, -0.2) is 25.2 Å². The first-order valence-electron chi connectivity index (χ1n) is 6.63. The molecule has 2 amide bonds. The quantitative estimate of drug-likeness (QED) is 0.656. The number of methoxy groups -OCH3 is 1. The van der Waals surface area contributed by atoms with Crippen molar-refractivity contribution in [3.05, 3.63) is 58.6 Å². The van der Waals surface area contributed by atoms with Crippen LogP contribution in [-0.2, 0) is 0 Å². The predicted octanol–water partition coefficient (Wildman–Crippen LogP) is 3.15. The lowest BCUT2D eigenvalue weighted by Gasteiger charge is -2.11. The molecule has 0 unspecified atom stereocenters. The zero-order valence-electron chi connectivity index (χ0n) is 12.6. The van der Waals surface area contributed by atoms with E-state index in [1.165, 1.54) is 13.2 Å². The van der Waals surface area contributed by atoms with Crippen LogP contribution in [0, 0.1) is 0 Å². The van der Waals surface area contributed by atoms with E-state index >= 15 is 0 Å². The van der Waals surface area contributed by atoms with Gasteiger partial charge in [0, 0.05) is 15.5 Å². The minimum absolute atomic E-state index is 0.234. The molecule has 0 aromatic heterocycles. The number of thioether (sulfide) groups is 1. The number of halogens is 1. The summed E-state index contributed by atoms with van der Waals surface area (Å²) in [7, 11) is 1.45. The van der Waals surface area contributed by atoms with Gasteiger partial charge in [0.25, 0.3) is 11.8 Å². The van der Waals surface area contributed by atoms with E-state index in [1.54, 1.807) is 36.0 Å². The number of carbonyl (C=O) groups excluding carboxylic acids is 2. The fourth-order valence-electron chi connectivity index (χ4n) is 1.85. The first-order valence-corrected chi connectivity index (χ1v) is 8.23. The van der Waals surface area contributed by atoms with Crippen LogP contribution in [0.2, 0.25) is 5.02 Å². The summed E-state index contributed by atoms with van der Waals surface area (Å²) in [6, 6.07) is 11.7. The van der Waals surface area contributed by atoms with Gasteiger partial charge in [-0.15, -0.1) is 11.8 Å². The predicted molar refractivity (Wildman–Crippen MR) is 91.2 cm³/mol. The van der Waals surface area contributed by atoms with E-state index in [-0.39, 0.29) is 5.56 Å². The zero-order chi connectivity index (χ0) is 16.8. The minimum Gasteiger partial charge on any atom is -0.496 e. The van der Waals surface area contributed by atoms with Crippen LogP contribution in [0.4, 0.5) is 0 Å². The molecule has 0 aliphatic rings. The van der Waals surface area contributed by atoms with Crippen molar-refractivity contribution >= 4 is 35.2 Å². The van der Waals surface area contributed by atoms with Crippen LogP contribution < -0.4 is 15.6 Å². The smallest absolute Gasteiger partial charge is 0.273 e. The highest BCUT2D eigenvalue weighted by atomic mass is 35.5. The van der Waals surface area contributed by atoms with Crippen LogP contribution in [0.15, 0.2) is 47.4 Å². The summed E-state index contributed by atoms with van der Waals surface area (Å²) < 4.78 is 5.10. The Labute approximate surface area is 143 Å². The van der Waals surface area contributed by atoms with Crippen molar-refractivity contribution in [2.75, 3.05) is 13.4 Å². The third-order valence-corrected chi connectivity index (χ3v) is 4.03. The van der Waals surface area contributed by atoms with Gasteiger partial charge < -0.3 is 4.74 Å². The van der Waals surface area contributed by atoms with Crippen molar-refractivity contribution in [3.63, 3.8) is 0 Å². The second kappa shape index (κ2) is 7.89. The monoisotopic (exact) mass is 350 g/mol. The van der Waals surface area contributed by atoms with Crippen molar-refractivity contribution in [2.24, 2.45) is 0 Å². The molecule has 0 radical (unpaired) electrons. The van der Waals surface area contributed by atoms with Crippen LogP contribution >= 0.6 is 23.4 Å². The molecule has 0 aliphatic carbocycles. The highest BCUT2D eigenvalue weighted by Gasteiger charge is 2.14. The maximum Gasteiger partial charge on any atom is 0.273 e. The number of carbonyl (C=O) groups is 2. The lowest BCUT2D eigenvalue weighted by atomic mass is 10.2. The highest BCUT2D eigenvalue weighted by Crippen LogP contribution is 2.22. The summed E-state index contributed by atoms with van der Waals surface area (Å²) in [5, 5.41) is 0.398. The van der Waals surface area contributed by atoms with Crippen LogP contribution in [0.3, 0.4) is 0 Å². The molecule has 0 heterocycles. The molecule has 2 aromatic rings. The summed E-state index contributed by atoms with van der Waals surface area (Å²) in [6.45, 7) is 0. The molecule has 120 valence electrons. The lowest BCUT2D eigenvalue weighted by molar-refractivity contribution is 0.0845. The van der Waals surface area contributed by atoms with Gasteiger partial charge in [-0.2, -0.15) is 0 Å². The summed E-state index contributed by atoms with van der Waals surface area (Å²) in [6.07, 6.45) is 1.95. The van der Waals surface area contributed by atoms with E-state index in [0.29, 0.717) is 16.3 Å². The van der Waals surface area contributed by atoms with Crippen LogP contribution in [0.5, 0.6) is 5.75 Å². The standard InChI is InChI=1S/C16H15ClN2O3S/c1-22-14-8-5-11(17)9-13(14)16(21)19-18-15(20)10-3-6-12(23-2)7-4-10/h3-9H,1-2H3,(H,18,20)(H,19,21). The zero-order valence-corrected chi connectivity index (χ0v) is 14.1. The molecule has 0 spiro atoms. The average Bonchev–Trinajstić information content (AvgIpc) is 2.59. The third kappa shape index (κ3) is 4.40. The van der Waals surface area contributed by atoms with E-state index in [2.05, 4.69) is 10.9 Å². The Morgan fingerprint density at radius 1 is 1.04 bits per heavy atom. The van der Waals surface area contributed by atoms with Crippen molar-refractivity contribution in [2.45, 2.75) is 4.90 Å². The first-order chi connectivity index (χ1) is 11.0. The van der Waals surface area contributed by atoms with Gasteiger partial charge in [-0.3, -0.25) is 20.4 Å². The molecule has 2 aromatic carbocycles. The summed E-state index contributed by atoms with van der Waals surface area (Å²) in [5.74, 6) is -0.559. The van der Waals surface area contributed by atoms with Gasteiger partial charge in [-0.25, -0.2) is 0 Å². The topological polar surface area (TPSA) is 67.4 Å². The van der Waals surface area contributed by atoms with Crippen LogP contribution in [0.1, 0.15) is 20.7 Å². The maximum atomic E-state index is 12.1. The Hall–Kier alpha value is -2.18. The van der Waals surface area contributed by atoms with E-state index in [1.807, 2.05) is 18.4 Å². The molecule has 0 atom stereocenters. The molecule has 2 rings (SSSR count). The molecule has 0 saturated heterocycles. The normalized spacial score (nSPS) is 10.0. The fourth-order valence-corrected chi connectivity index (χ4v) is 2.43. The lowest BCUT2D eigenvalue weighted by Crippen LogP contribution is -2.41. The van der Waals surface area contributed by atoms with E-state index < -0.39 is 11.8 Å². The number of amides is 2. The van der Waals surface area contributed by atoms with Crippen molar-refractivity contribution < 1.29 is 14.3 Å². The second-order valence-electron chi connectivity index (χ2n) is 4.48. The van der Waals surface area contributed by atoms with Gasteiger partial charge in [0.05, 0.1) is 12.7 Å². The van der Waals surface area contributed by atoms with Gasteiger partial charge in [-0.05, 0) is 48.7 Å². The Morgan fingerprint density at radius 2 is 1.70 bits per heavy atom. The number of rotatable bonds is 4. The molecular formula is C16H15ClN2O3S. The van der Waals surface area contributed by atoms with Crippen LogP contribution in [0.25, 0.3) is 0 Å². The Balaban J connectivity index is 2.03. The second-order valence-corrected chi connectivity index (χ2v) is 5.80. The third-order valence-electron chi connectivity index (χ3n) is 3.05. The molecule has 0 bridgehead atoms. The summed E-state index contributed by atoms with van der Waals surface area (Å²) in [4.78, 5) is 25.2. The number of ether oxygens (including phenoxy) is 1.